The number of benzene rings is 1. The van der Waals surface area contributed by atoms with Crippen molar-refractivity contribution in [2.24, 2.45) is 11.7 Å². The third kappa shape index (κ3) is 12.5. The number of nitrogens with zero attached hydrogens (tertiary/aromatic N) is 1. The Labute approximate surface area is 203 Å². The summed E-state index contributed by atoms with van der Waals surface area (Å²) in [7, 11) is 0. The summed E-state index contributed by atoms with van der Waals surface area (Å²) in [5.74, 6) is -0.804. The van der Waals surface area contributed by atoms with Crippen LogP contribution in [0.4, 0.5) is 4.79 Å². The van der Waals surface area contributed by atoms with Gasteiger partial charge in [-0.2, -0.15) is 11.8 Å². The molecule has 0 aliphatic carbocycles. The number of carbonyl (C=O) groups excluding carboxylic acids is 3. The van der Waals surface area contributed by atoms with Gasteiger partial charge in [0.05, 0.1) is 19.1 Å². The first-order chi connectivity index (χ1) is 15.7. The maximum atomic E-state index is 12.5. The van der Waals surface area contributed by atoms with Crippen molar-refractivity contribution in [3.8, 4) is 0 Å². The monoisotopic (exact) mass is 499 g/mol. The lowest BCUT2D eigenvalue weighted by atomic mass is 9.99. The van der Waals surface area contributed by atoms with Gasteiger partial charge >= 0.3 is 12.0 Å². The zero-order chi connectivity index (χ0) is 24.6. The number of urea groups is 1. The Morgan fingerprint density at radius 3 is 2.30 bits per heavy atom. The number of rotatable bonds is 10. The van der Waals surface area contributed by atoms with Gasteiger partial charge in [-0.05, 0) is 30.4 Å². The van der Waals surface area contributed by atoms with Gasteiger partial charge in [0, 0.05) is 25.8 Å². The third-order valence-electron chi connectivity index (χ3n) is 4.73. The van der Waals surface area contributed by atoms with Crippen LogP contribution in [0.5, 0.6) is 0 Å². The van der Waals surface area contributed by atoms with Crippen LogP contribution in [-0.4, -0.2) is 83.1 Å². The molecule has 1 aromatic carbocycles. The number of thioether (sulfide) groups is 2. The quantitative estimate of drug-likeness (QED) is 0.443. The van der Waals surface area contributed by atoms with E-state index in [0.717, 1.165) is 17.3 Å². The van der Waals surface area contributed by atoms with E-state index >= 15 is 0 Å². The van der Waals surface area contributed by atoms with Gasteiger partial charge in [0.25, 0.3) is 0 Å². The SMILES string of the molecule is CSCC[C@H](NC(=O)[C@H](CSC(C)=O)Cc1ccccc1)C(=O)O.NC(=O)N1CCOCC1. The second-order valence-corrected chi connectivity index (χ2v) is 9.49. The van der Waals surface area contributed by atoms with E-state index in [1.807, 2.05) is 36.6 Å². The molecule has 0 spiro atoms. The van der Waals surface area contributed by atoms with Crippen LogP contribution in [0.25, 0.3) is 0 Å². The summed E-state index contributed by atoms with van der Waals surface area (Å²) in [5, 5.41) is 11.8. The minimum atomic E-state index is -1.03. The molecule has 0 bridgehead atoms. The summed E-state index contributed by atoms with van der Waals surface area (Å²) in [4.78, 5) is 47.1. The summed E-state index contributed by atoms with van der Waals surface area (Å²) < 4.78 is 5.00. The molecule has 1 saturated heterocycles. The summed E-state index contributed by atoms with van der Waals surface area (Å²) in [6.45, 7) is 3.96. The highest BCUT2D eigenvalue weighted by Gasteiger charge is 2.25. The van der Waals surface area contributed by atoms with Gasteiger partial charge < -0.3 is 25.8 Å². The Morgan fingerprint density at radius 1 is 1.18 bits per heavy atom. The summed E-state index contributed by atoms with van der Waals surface area (Å²) in [6, 6.07) is 8.26. The van der Waals surface area contributed by atoms with Crippen molar-refractivity contribution >= 4 is 46.5 Å². The standard InChI is InChI=1S/C17H23NO4S2.C5H10N2O2/c1-12(19)24-11-14(10-13-6-4-3-5-7-13)16(20)18-15(17(21)22)8-9-23-2;6-5(8)7-1-3-9-4-2-7/h3-7,14-15H,8-11H2,1-2H3,(H,18,20)(H,21,22);1-4H2,(H2,6,8)/t14-,15-;/m0./s1. The molecule has 184 valence electrons. The number of amides is 3. The zero-order valence-corrected chi connectivity index (χ0v) is 20.7. The van der Waals surface area contributed by atoms with Gasteiger partial charge in [-0.15, -0.1) is 0 Å². The smallest absolute Gasteiger partial charge is 0.326 e. The molecule has 1 fully saturated rings. The number of hydrogen-bond donors (Lipinski definition) is 3. The molecule has 2 rings (SSSR count). The van der Waals surface area contributed by atoms with Crippen molar-refractivity contribution in [1.29, 1.82) is 0 Å². The molecular formula is C22H33N3O6S2. The number of aliphatic carboxylic acids is 1. The Balaban J connectivity index is 0.000000502. The van der Waals surface area contributed by atoms with E-state index in [0.29, 0.717) is 50.7 Å². The van der Waals surface area contributed by atoms with Crippen LogP contribution in [0, 0.1) is 5.92 Å². The van der Waals surface area contributed by atoms with E-state index in [1.54, 1.807) is 4.90 Å². The molecule has 1 aliphatic rings. The molecule has 0 aromatic heterocycles. The Kier molecular flexibility index (Phi) is 14.3. The highest BCUT2D eigenvalue weighted by molar-refractivity contribution is 8.13. The molecular weight excluding hydrogens is 466 g/mol. The Hall–Kier alpha value is -2.24. The van der Waals surface area contributed by atoms with Crippen molar-refractivity contribution in [3.63, 3.8) is 0 Å². The third-order valence-corrected chi connectivity index (χ3v) is 6.35. The number of carbonyl (C=O) groups is 4. The number of carboxylic acids is 1. The van der Waals surface area contributed by atoms with E-state index in [-0.39, 0.29) is 17.1 Å². The normalized spacial score (nSPS) is 14.9. The van der Waals surface area contributed by atoms with Crippen molar-refractivity contribution in [1.82, 2.24) is 10.2 Å². The summed E-state index contributed by atoms with van der Waals surface area (Å²) in [6.07, 6.45) is 2.74. The van der Waals surface area contributed by atoms with Crippen LogP contribution >= 0.6 is 23.5 Å². The van der Waals surface area contributed by atoms with Gasteiger partial charge in [-0.3, -0.25) is 9.59 Å². The second kappa shape index (κ2) is 16.4. The van der Waals surface area contributed by atoms with Crippen LogP contribution in [0.3, 0.4) is 0 Å². The first-order valence-electron chi connectivity index (χ1n) is 10.6. The number of ether oxygens (including phenoxy) is 1. The summed E-state index contributed by atoms with van der Waals surface area (Å²) in [5.41, 5.74) is 5.98. The molecule has 0 radical (unpaired) electrons. The number of morpholine rings is 1. The van der Waals surface area contributed by atoms with Crippen LogP contribution in [0.15, 0.2) is 30.3 Å². The van der Waals surface area contributed by atoms with E-state index in [2.05, 4.69) is 5.32 Å². The average Bonchev–Trinajstić information content (AvgIpc) is 2.80. The van der Waals surface area contributed by atoms with Crippen molar-refractivity contribution in [2.75, 3.05) is 44.1 Å². The maximum absolute atomic E-state index is 12.5. The predicted octanol–water partition coefficient (Wildman–Crippen LogP) is 1.84. The van der Waals surface area contributed by atoms with Gasteiger partial charge in [0.15, 0.2) is 5.12 Å². The molecule has 1 aliphatic heterocycles. The minimum Gasteiger partial charge on any atom is -0.480 e. The molecule has 33 heavy (non-hydrogen) atoms. The maximum Gasteiger partial charge on any atom is 0.326 e. The van der Waals surface area contributed by atoms with Crippen LogP contribution in [0.1, 0.15) is 18.9 Å². The Bertz CT molecular complexity index is 760. The number of hydrogen-bond acceptors (Lipinski definition) is 7. The van der Waals surface area contributed by atoms with Crippen molar-refractivity contribution in [3.05, 3.63) is 35.9 Å². The number of carboxylic acid groups (broad SMARTS) is 1. The summed E-state index contributed by atoms with van der Waals surface area (Å²) >= 11 is 2.63. The minimum absolute atomic E-state index is 0.0574. The average molecular weight is 500 g/mol. The fourth-order valence-electron chi connectivity index (χ4n) is 2.91. The number of nitrogens with two attached hydrogens (primary N) is 1. The highest BCUT2D eigenvalue weighted by atomic mass is 32.2. The molecule has 1 heterocycles. The van der Waals surface area contributed by atoms with Gasteiger partial charge in [-0.1, -0.05) is 42.1 Å². The van der Waals surface area contributed by atoms with Crippen LogP contribution < -0.4 is 11.1 Å². The number of primary amides is 1. The molecule has 0 unspecified atom stereocenters. The largest absolute Gasteiger partial charge is 0.480 e. The van der Waals surface area contributed by atoms with Crippen molar-refractivity contribution in [2.45, 2.75) is 25.8 Å². The molecule has 0 saturated carbocycles. The van der Waals surface area contributed by atoms with Crippen LogP contribution in [-0.2, 0) is 25.5 Å². The van der Waals surface area contributed by atoms with Gasteiger partial charge in [-0.25, -0.2) is 9.59 Å². The molecule has 11 heteroatoms. The zero-order valence-electron chi connectivity index (χ0n) is 19.0. The molecule has 2 atom stereocenters. The first-order valence-corrected chi connectivity index (χ1v) is 12.9. The van der Waals surface area contributed by atoms with E-state index in [1.165, 1.54) is 18.7 Å². The lowest BCUT2D eigenvalue weighted by Crippen LogP contribution is -2.45. The Morgan fingerprint density at radius 2 is 1.82 bits per heavy atom. The van der Waals surface area contributed by atoms with E-state index in [4.69, 9.17) is 10.5 Å². The van der Waals surface area contributed by atoms with Crippen molar-refractivity contribution < 1.29 is 29.0 Å². The lowest BCUT2D eigenvalue weighted by Gasteiger charge is -2.24. The number of nitrogens with one attached hydrogen (secondary N) is 1. The molecule has 9 nitrogen and oxygen atoms in total. The second-order valence-electron chi connectivity index (χ2n) is 7.31. The molecule has 4 N–H and O–H groups in total. The molecule has 3 amide bonds. The predicted molar refractivity (Wildman–Crippen MR) is 131 cm³/mol. The fraction of sp³-hybridized carbons (Fsp3) is 0.545. The van der Waals surface area contributed by atoms with Gasteiger partial charge in [0.2, 0.25) is 5.91 Å². The topological polar surface area (TPSA) is 139 Å². The van der Waals surface area contributed by atoms with Gasteiger partial charge in [0.1, 0.15) is 6.04 Å². The fourth-order valence-corrected chi connectivity index (χ4v) is 4.09. The van der Waals surface area contributed by atoms with E-state index < -0.39 is 17.9 Å². The van der Waals surface area contributed by atoms with E-state index in [9.17, 15) is 24.3 Å². The first kappa shape index (κ1) is 28.8. The molecule has 1 aromatic rings. The van der Waals surface area contributed by atoms with Crippen LogP contribution in [0.2, 0.25) is 0 Å². The lowest BCUT2D eigenvalue weighted by molar-refractivity contribution is -0.142. The highest BCUT2D eigenvalue weighted by Crippen LogP contribution is 2.16.